The van der Waals surface area contributed by atoms with Crippen LogP contribution in [0.1, 0.15) is 37.1 Å². The molecular weight excluding hydrogens is 394 g/mol. The second kappa shape index (κ2) is 9.41. The zero-order valence-corrected chi connectivity index (χ0v) is 17.2. The Morgan fingerprint density at radius 2 is 2.00 bits per heavy atom. The Kier molecular flexibility index (Phi) is 6.67. The summed E-state index contributed by atoms with van der Waals surface area (Å²) in [5.41, 5.74) is 1.11. The second-order valence-corrected chi connectivity index (χ2v) is 8.90. The van der Waals surface area contributed by atoms with Gasteiger partial charge >= 0.3 is 0 Å². The lowest BCUT2D eigenvalue weighted by Gasteiger charge is -2.37. The predicted octanol–water partition coefficient (Wildman–Crippen LogP) is 4.48. The van der Waals surface area contributed by atoms with Crippen LogP contribution >= 0.6 is 11.3 Å². The van der Waals surface area contributed by atoms with Gasteiger partial charge in [0.05, 0.1) is 18.2 Å². The smallest absolute Gasteiger partial charge is 0.159 e. The van der Waals surface area contributed by atoms with Gasteiger partial charge in [0.15, 0.2) is 17.4 Å². The third kappa shape index (κ3) is 5.08. The van der Waals surface area contributed by atoms with Gasteiger partial charge < -0.3 is 4.74 Å². The summed E-state index contributed by atoms with van der Waals surface area (Å²) in [6.45, 7) is 3.59. The summed E-state index contributed by atoms with van der Waals surface area (Å²) in [5.74, 6) is -0.944. The SMILES string of the molecule is O=C(Cc1nc(-c2ccc(F)c(F)c2)cs1)[C@@H]1CCCCN1CC1CCOCC1. The molecule has 156 valence electrons. The van der Waals surface area contributed by atoms with Crippen molar-refractivity contribution < 1.29 is 18.3 Å². The van der Waals surface area contributed by atoms with Crippen LogP contribution in [0.5, 0.6) is 0 Å². The number of benzene rings is 1. The summed E-state index contributed by atoms with van der Waals surface area (Å²) in [4.78, 5) is 19.9. The van der Waals surface area contributed by atoms with Crippen LogP contribution in [0.25, 0.3) is 11.3 Å². The highest BCUT2D eigenvalue weighted by Gasteiger charge is 2.31. The number of thiazole rings is 1. The van der Waals surface area contributed by atoms with Crippen LogP contribution in [0.4, 0.5) is 8.78 Å². The maximum absolute atomic E-state index is 13.5. The van der Waals surface area contributed by atoms with Crippen molar-refractivity contribution in [2.45, 2.75) is 44.6 Å². The van der Waals surface area contributed by atoms with Gasteiger partial charge in [-0.05, 0) is 56.3 Å². The molecule has 4 nitrogen and oxygen atoms in total. The van der Waals surface area contributed by atoms with E-state index in [0.29, 0.717) is 23.6 Å². The molecule has 0 spiro atoms. The Morgan fingerprint density at radius 1 is 1.17 bits per heavy atom. The molecule has 0 saturated carbocycles. The van der Waals surface area contributed by atoms with Gasteiger partial charge in [-0.15, -0.1) is 11.3 Å². The van der Waals surface area contributed by atoms with Gasteiger partial charge in [0.2, 0.25) is 0 Å². The molecular formula is C22H26F2N2O2S. The molecule has 7 heteroatoms. The second-order valence-electron chi connectivity index (χ2n) is 7.96. The number of nitrogens with zero attached hydrogens (tertiary/aromatic N) is 2. The molecule has 1 aromatic carbocycles. The molecule has 1 atom stereocenters. The number of likely N-dealkylation sites (tertiary alicyclic amines) is 1. The molecule has 1 aromatic heterocycles. The van der Waals surface area contributed by atoms with Crippen LogP contribution in [0.15, 0.2) is 23.6 Å². The van der Waals surface area contributed by atoms with Crippen molar-refractivity contribution in [1.29, 1.82) is 0 Å². The first kappa shape index (κ1) is 20.6. The van der Waals surface area contributed by atoms with Crippen molar-refractivity contribution in [3.05, 3.63) is 40.2 Å². The average Bonchev–Trinajstić information content (AvgIpc) is 3.19. The van der Waals surface area contributed by atoms with Crippen molar-refractivity contribution in [3.8, 4) is 11.3 Å². The minimum atomic E-state index is -0.890. The highest BCUT2D eigenvalue weighted by atomic mass is 32.1. The molecule has 0 bridgehead atoms. The molecule has 0 radical (unpaired) electrons. The van der Waals surface area contributed by atoms with E-state index in [1.807, 2.05) is 0 Å². The highest BCUT2D eigenvalue weighted by Crippen LogP contribution is 2.27. The molecule has 0 N–H and O–H groups in total. The van der Waals surface area contributed by atoms with Gasteiger partial charge in [0.25, 0.3) is 0 Å². The summed E-state index contributed by atoms with van der Waals surface area (Å²) in [5, 5.41) is 2.53. The molecule has 0 aliphatic carbocycles. The summed E-state index contributed by atoms with van der Waals surface area (Å²) in [7, 11) is 0. The number of piperidine rings is 1. The van der Waals surface area contributed by atoms with Gasteiger partial charge in [0.1, 0.15) is 5.01 Å². The average molecular weight is 421 g/mol. The lowest BCUT2D eigenvalue weighted by molar-refractivity contribution is -0.125. The van der Waals surface area contributed by atoms with Gasteiger partial charge in [-0.3, -0.25) is 9.69 Å². The minimum Gasteiger partial charge on any atom is -0.381 e. The van der Waals surface area contributed by atoms with E-state index in [0.717, 1.165) is 75.5 Å². The topological polar surface area (TPSA) is 42.4 Å². The van der Waals surface area contributed by atoms with Crippen LogP contribution in [0, 0.1) is 17.6 Å². The van der Waals surface area contributed by atoms with E-state index >= 15 is 0 Å². The minimum absolute atomic E-state index is 0.0396. The number of hydrogen-bond donors (Lipinski definition) is 0. The largest absolute Gasteiger partial charge is 0.381 e. The molecule has 4 rings (SSSR count). The number of ketones is 1. The van der Waals surface area contributed by atoms with Gasteiger partial charge in [-0.1, -0.05) is 6.42 Å². The van der Waals surface area contributed by atoms with E-state index in [9.17, 15) is 13.6 Å². The number of ether oxygens (including phenoxy) is 1. The maximum atomic E-state index is 13.5. The Bertz CT molecular complexity index is 851. The Balaban J connectivity index is 1.41. The first-order valence-electron chi connectivity index (χ1n) is 10.3. The summed E-state index contributed by atoms with van der Waals surface area (Å²) in [6, 6.07) is 3.72. The van der Waals surface area contributed by atoms with E-state index in [-0.39, 0.29) is 11.8 Å². The molecule has 2 aliphatic rings. The Hall–Kier alpha value is -1.70. The van der Waals surface area contributed by atoms with E-state index < -0.39 is 11.6 Å². The number of Topliss-reactive ketones (excluding diaryl/α,β-unsaturated/α-hetero) is 1. The lowest BCUT2D eigenvalue weighted by atomic mass is 9.93. The van der Waals surface area contributed by atoms with Crippen molar-refractivity contribution in [2.24, 2.45) is 5.92 Å². The zero-order valence-electron chi connectivity index (χ0n) is 16.4. The summed E-state index contributed by atoms with van der Waals surface area (Å²) < 4.78 is 32.1. The molecule has 2 saturated heterocycles. The van der Waals surface area contributed by atoms with Crippen molar-refractivity contribution >= 4 is 17.1 Å². The van der Waals surface area contributed by atoms with Gasteiger partial charge in [-0.2, -0.15) is 0 Å². The summed E-state index contributed by atoms with van der Waals surface area (Å²) >= 11 is 1.40. The molecule has 0 unspecified atom stereocenters. The van der Waals surface area contributed by atoms with Crippen LogP contribution in [0.2, 0.25) is 0 Å². The molecule has 2 fully saturated rings. The number of carbonyl (C=O) groups excluding carboxylic acids is 1. The van der Waals surface area contributed by atoms with Crippen LogP contribution < -0.4 is 0 Å². The van der Waals surface area contributed by atoms with E-state index in [4.69, 9.17) is 4.74 Å². The monoisotopic (exact) mass is 420 g/mol. The van der Waals surface area contributed by atoms with Crippen molar-refractivity contribution in [2.75, 3.05) is 26.3 Å². The number of halogens is 2. The van der Waals surface area contributed by atoms with Gasteiger partial charge in [0, 0.05) is 30.7 Å². The number of aromatic nitrogens is 1. The molecule has 2 aromatic rings. The van der Waals surface area contributed by atoms with Crippen molar-refractivity contribution in [1.82, 2.24) is 9.88 Å². The van der Waals surface area contributed by atoms with Crippen LogP contribution in [-0.2, 0) is 16.0 Å². The molecule has 0 amide bonds. The van der Waals surface area contributed by atoms with Crippen molar-refractivity contribution in [3.63, 3.8) is 0 Å². The maximum Gasteiger partial charge on any atom is 0.159 e. The molecule has 2 aliphatic heterocycles. The molecule has 29 heavy (non-hydrogen) atoms. The number of hydrogen-bond acceptors (Lipinski definition) is 5. The first-order chi connectivity index (χ1) is 14.1. The normalized spacial score (nSPS) is 21.4. The Labute approximate surface area is 173 Å². The fourth-order valence-electron chi connectivity index (χ4n) is 4.28. The number of rotatable bonds is 6. The zero-order chi connectivity index (χ0) is 20.2. The first-order valence-corrected chi connectivity index (χ1v) is 11.2. The number of carbonyl (C=O) groups is 1. The standard InChI is InChI=1S/C22H26F2N2O2S/c23-17-5-4-16(11-18(17)24)19-14-29-22(25-19)12-21(27)20-3-1-2-8-26(20)13-15-6-9-28-10-7-15/h4-5,11,14-15,20H,1-3,6-10,12-13H2/t20-/m0/s1. The summed E-state index contributed by atoms with van der Waals surface area (Å²) in [6.07, 6.45) is 5.57. The third-order valence-electron chi connectivity index (χ3n) is 5.91. The molecule has 3 heterocycles. The van der Waals surface area contributed by atoms with Gasteiger partial charge in [-0.25, -0.2) is 13.8 Å². The van der Waals surface area contributed by atoms with E-state index in [2.05, 4.69) is 9.88 Å². The Morgan fingerprint density at radius 3 is 2.79 bits per heavy atom. The fourth-order valence-corrected chi connectivity index (χ4v) is 5.09. The highest BCUT2D eigenvalue weighted by molar-refractivity contribution is 7.10. The predicted molar refractivity (Wildman–Crippen MR) is 109 cm³/mol. The van der Waals surface area contributed by atoms with E-state index in [1.165, 1.54) is 17.4 Å². The quantitative estimate of drug-likeness (QED) is 0.691. The van der Waals surface area contributed by atoms with Crippen LogP contribution in [-0.4, -0.2) is 48.0 Å². The fraction of sp³-hybridized carbons (Fsp3) is 0.545. The third-order valence-corrected chi connectivity index (χ3v) is 6.76. The van der Waals surface area contributed by atoms with E-state index in [1.54, 1.807) is 5.38 Å². The van der Waals surface area contributed by atoms with Crippen LogP contribution in [0.3, 0.4) is 0 Å². The lowest BCUT2D eigenvalue weighted by Crippen LogP contribution is -2.47.